The van der Waals surface area contributed by atoms with E-state index in [0.29, 0.717) is 0 Å². The van der Waals surface area contributed by atoms with Crippen molar-refractivity contribution in [3.8, 4) is 0 Å². The Balaban J connectivity index is 3.28. The number of carboxylic acid groups (broad SMARTS) is 1. The van der Waals surface area contributed by atoms with E-state index in [2.05, 4.69) is 5.32 Å². The van der Waals surface area contributed by atoms with Crippen LogP contribution in [0.15, 0.2) is 0 Å². The monoisotopic (exact) mass is 272 g/mol. The highest BCUT2D eigenvalue weighted by atomic mass is 16.4. The molecule has 0 rings (SSSR count). The molecule has 0 saturated heterocycles. The fourth-order valence-electron chi connectivity index (χ4n) is 2.30. The molecule has 0 atom stereocenters. The number of unbranched alkanes of at least 4 members (excludes halogenated alkanes) is 8. The minimum absolute atomic E-state index is 0.298. The predicted octanol–water partition coefficient (Wildman–Crippen LogP) is 3.89. The van der Waals surface area contributed by atoms with Crippen molar-refractivity contribution >= 4 is 6.09 Å². The van der Waals surface area contributed by atoms with Gasteiger partial charge in [-0.05, 0) is 33.2 Å². The molecule has 0 heterocycles. The molecule has 0 aromatic rings. The van der Waals surface area contributed by atoms with E-state index >= 15 is 0 Å². The minimum atomic E-state index is -0.928. The SMILES string of the molecule is CC(C)(CCCCCCCCCCCN)NC(=O)O. The summed E-state index contributed by atoms with van der Waals surface area (Å²) < 4.78 is 0. The van der Waals surface area contributed by atoms with Crippen molar-refractivity contribution in [2.24, 2.45) is 5.73 Å². The summed E-state index contributed by atoms with van der Waals surface area (Å²) in [6, 6.07) is 0. The summed E-state index contributed by atoms with van der Waals surface area (Å²) in [6.45, 7) is 4.71. The molecular weight excluding hydrogens is 240 g/mol. The van der Waals surface area contributed by atoms with E-state index in [1.54, 1.807) is 0 Å². The van der Waals surface area contributed by atoms with Crippen LogP contribution >= 0.6 is 0 Å². The van der Waals surface area contributed by atoms with E-state index in [1.165, 1.54) is 44.9 Å². The van der Waals surface area contributed by atoms with Gasteiger partial charge >= 0.3 is 6.09 Å². The van der Waals surface area contributed by atoms with Crippen LogP contribution in [0.4, 0.5) is 4.79 Å². The maximum atomic E-state index is 10.6. The van der Waals surface area contributed by atoms with Crippen molar-refractivity contribution in [2.75, 3.05) is 6.54 Å². The third kappa shape index (κ3) is 13.5. The Hall–Kier alpha value is -0.770. The molecule has 0 spiro atoms. The molecule has 0 aliphatic rings. The standard InChI is InChI=1S/C15H32N2O2/c1-15(2,17-14(18)19)12-10-8-6-4-3-5-7-9-11-13-16/h17H,3-13,16H2,1-2H3,(H,18,19). The van der Waals surface area contributed by atoms with Crippen LogP contribution in [0.1, 0.15) is 78.1 Å². The highest BCUT2D eigenvalue weighted by molar-refractivity contribution is 5.65. The third-order valence-corrected chi connectivity index (χ3v) is 3.45. The molecule has 0 unspecified atom stereocenters. The number of carbonyl (C=O) groups is 1. The fourth-order valence-corrected chi connectivity index (χ4v) is 2.30. The second kappa shape index (κ2) is 11.1. The van der Waals surface area contributed by atoms with Crippen LogP contribution in [0, 0.1) is 0 Å². The summed E-state index contributed by atoms with van der Waals surface area (Å²) in [7, 11) is 0. The van der Waals surface area contributed by atoms with Crippen LogP contribution in [-0.4, -0.2) is 23.3 Å². The Morgan fingerprint density at radius 3 is 1.79 bits per heavy atom. The Bertz CT molecular complexity index is 230. The number of hydrogen-bond donors (Lipinski definition) is 3. The first-order valence-electron chi connectivity index (χ1n) is 7.69. The first-order valence-corrected chi connectivity index (χ1v) is 7.69. The summed E-state index contributed by atoms with van der Waals surface area (Å²) in [5.41, 5.74) is 5.15. The maximum Gasteiger partial charge on any atom is 0.405 e. The van der Waals surface area contributed by atoms with Gasteiger partial charge < -0.3 is 16.2 Å². The number of nitrogens with one attached hydrogen (secondary N) is 1. The van der Waals surface area contributed by atoms with Crippen LogP contribution in [0.2, 0.25) is 0 Å². The van der Waals surface area contributed by atoms with Crippen molar-refractivity contribution in [1.29, 1.82) is 0 Å². The highest BCUT2D eigenvalue weighted by Gasteiger charge is 2.18. The topological polar surface area (TPSA) is 75.3 Å². The van der Waals surface area contributed by atoms with Gasteiger partial charge in [0.1, 0.15) is 0 Å². The molecule has 0 aliphatic heterocycles. The van der Waals surface area contributed by atoms with Crippen LogP contribution in [0.5, 0.6) is 0 Å². The smallest absolute Gasteiger partial charge is 0.405 e. The second-order valence-electron chi connectivity index (χ2n) is 6.03. The molecule has 0 bridgehead atoms. The number of amides is 1. The van der Waals surface area contributed by atoms with Gasteiger partial charge in [0.05, 0.1) is 0 Å². The molecule has 114 valence electrons. The second-order valence-corrected chi connectivity index (χ2v) is 6.03. The van der Waals surface area contributed by atoms with E-state index in [4.69, 9.17) is 10.8 Å². The Morgan fingerprint density at radius 2 is 1.37 bits per heavy atom. The molecule has 0 radical (unpaired) electrons. The zero-order valence-electron chi connectivity index (χ0n) is 12.7. The highest BCUT2D eigenvalue weighted by Crippen LogP contribution is 2.16. The molecule has 0 fully saturated rings. The quantitative estimate of drug-likeness (QED) is 0.472. The molecule has 19 heavy (non-hydrogen) atoms. The van der Waals surface area contributed by atoms with E-state index in [0.717, 1.165) is 25.8 Å². The van der Waals surface area contributed by atoms with Gasteiger partial charge in [0.25, 0.3) is 0 Å². The van der Waals surface area contributed by atoms with E-state index in [-0.39, 0.29) is 5.54 Å². The van der Waals surface area contributed by atoms with Gasteiger partial charge in [-0.3, -0.25) is 0 Å². The zero-order chi connectivity index (χ0) is 14.6. The Morgan fingerprint density at radius 1 is 0.947 bits per heavy atom. The van der Waals surface area contributed by atoms with Crippen molar-refractivity contribution < 1.29 is 9.90 Å². The number of hydrogen-bond acceptors (Lipinski definition) is 2. The molecule has 0 aromatic carbocycles. The van der Waals surface area contributed by atoms with Crippen LogP contribution in [0.25, 0.3) is 0 Å². The molecule has 4 N–H and O–H groups in total. The minimum Gasteiger partial charge on any atom is -0.465 e. The average molecular weight is 272 g/mol. The maximum absolute atomic E-state index is 10.6. The summed E-state index contributed by atoms with van der Waals surface area (Å²) in [6.07, 6.45) is 11.2. The van der Waals surface area contributed by atoms with Crippen molar-refractivity contribution in [3.63, 3.8) is 0 Å². The van der Waals surface area contributed by atoms with E-state index < -0.39 is 6.09 Å². The lowest BCUT2D eigenvalue weighted by molar-refractivity contribution is 0.180. The zero-order valence-corrected chi connectivity index (χ0v) is 12.7. The number of nitrogens with two attached hydrogens (primary N) is 1. The lowest BCUT2D eigenvalue weighted by Crippen LogP contribution is -2.42. The summed E-state index contributed by atoms with van der Waals surface area (Å²) in [4.78, 5) is 10.6. The molecule has 4 heteroatoms. The average Bonchev–Trinajstić information content (AvgIpc) is 2.30. The van der Waals surface area contributed by atoms with Gasteiger partial charge in [-0.2, -0.15) is 0 Å². The molecule has 1 amide bonds. The van der Waals surface area contributed by atoms with Gasteiger partial charge in [-0.25, -0.2) is 4.79 Å². The lowest BCUT2D eigenvalue weighted by Gasteiger charge is -2.24. The van der Waals surface area contributed by atoms with Gasteiger partial charge in [0.15, 0.2) is 0 Å². The van der Waals surface area contributed by atoms with Crippen molar-refractivity contribution in [2.45, 2.75) is 83.6 Å². The third-order valence-electron chi connectivity index (χ3n) is 3.45. The molecule has 0 aliphatic carbocycles. The molecule has 0 saturated carbocycles. The first kappa shape index (κ1) is 18.2. The van der Waals surface area contributed by atoms with Gasteiger partial charge in [0.2, 0.25) is 0 Å². The van der Waals surface area contributed by atoms with E-state index in [9.17, 15) is 4.79 Å². The summed E-state index contributed by atoms with van der Waals surface area (Å²) in [5.74, 6) is 0. The van der Waals surface area contributed by atoms with Crippen LogP contribution in [-0.2, 0) is 0 Å². The molecular formula is C15H32N2O2. The van der Waals surface area contributed by atoms with Crippen LogP contribution < -0.4 is 11.1 Å². The first-order chi connectivity index (χ1) is 8.98. The molecule has 0 aromatic heterocycles. The normalized spacial score (nSPS) is 11.5. The predicted molar refractivity (Wildman–Crippen MR) is 80.5 cm³/mol. The lowest BCUT2D eigenvalue weighted by atomic mass is 9.96. The fraction of sp³-hybridized carbons (Fsp3) is 0.933. The summed E-state index contributed by atoms with van der Waals surface area (Å²) in [5, 5.41) is 11.2. The van der Waals surface area contributed by atoms with Crippen LogP contribution in [0.3, 0.4) is 0 Å². The van der Waals surface area contributed by atoms with Crippen molar-refractivity contribution in [1.82, 2.24) is 5.32 Å². The van der Waals surface area contributed by atoms with Gasteiger partial charge in [-0.15, -0.1) is 0 Å². The summed E-state index contributed by atoms with van der Waals surface area (Å²) >= 11 is 0. The number of rotatable bonds is 12. The van der Waals surface area contributed by atoms with E-state index in [1.807, 2.05) is 13.8 Å². The Labute approximate surface area is 118 Å². The largest absolute Gasteiger partial charge is 0.465 e. The molecule has 4 nitrogen and oxygen atoms in total. The van der Waals surface area contributed by atoms with Gasteiger partial charge in [0, 0.05) is 5.54 Å². The van der Waals surface area contributed by atoms with Gasteiger partial charge in [-0.1, -0.05) is 51.4 Å². The Kier molecular flexibility index (Phi) is 10.6. The van der Waals surface area contributed by atoms with Crippen molar-refractivity contribution in [3.05, 3.63) is 0 Å².